The van der Waals surface area contributed by atoms with Gasteiger partial charge in [-0.25, -0.2) is 0 Å². The second-order valence-electron chi connectivity index (χ2n) is 19.0. The molecule has 3 fully saturated rings. The molecule has 0 unspecified atom stereocenters. The lowest BCUT2D eigenvalue weighted by Crippen LogP contribution is -2.64. The molecule has 4 rings (SSSR count). The van der Waals surface area contributed by atoms with Crippen molar-refractivity contribution in [2.45, 2.75) is 169 Å². The van der Waals surface area contributed by atoms with E-state index in [1.165, 1.54) is 37.7 Å². The Balaban J connectivity index is 1.75. The van der Waals surface area contributed by atoms with Gasteiger partial charge in [0, 0.05) is 11.3 Å². The van der Waals surface area contributed by atoms with Gasteiger partial charge in [0.15, 0.2) is 30.7 Å². The fraction of sp³-hybridized carbons (Fsp3) is 0.917. The van der Waals surface area contributed by atoms with E-state index in [0.717, 1.165) is 31.6 Å². The highest BCUT2D eigenvalue weighted by Gasteiger charge is 2.68. The van der Waals surface area contributed by atoms with Crippen LogP contribution < -0.4 is 0 Å². The Kier molecular flexibility index (Phi) is 10.1. The first-order chi connectivity index (χ1) is 19.5. The molecule has 4 aliphatic rings. The summed E-state index contributed by atoms with van der Waals surface area (Å²) < 4.78 is 21.3. The van der Waals surface area contributed by atoms with E-state index in [0.29, 0.717) is 23.5 Å². The van der Waals surface area contributed by atoms with E-state index in [9.17, 15) is 4.79 Å². The van der Waals surface area contributed by atoms with Crippen molar-refractivity contribution in [3.8, 4) is 0 Å². The van der Waals surface area contributed by atoms with E-state index in [4.69, 9.17) is 13.3 Å². The molecule has 7 heteroatoms. The number of allylic oxidation sites excluding steroid dienone is 1. The minimum absolute atomic E-state index is 0.00419. The third-order valence-electron chi connectivity index (χ3n) is 11.7. The summed E-state index contributed by atoms with van der Waals surface area (Å²) in [6, 6.07) is 0. The number of hydrogen-bond donors (Lipinski definition) is 0. The molecule has 9 atom stereocenters. The van der Waals surface area contributed by atoms with E-state index in [1.54, 1.807) is 0 Å². The maximum absolute atomic E-state index is 14.4. The molecule has 4 nitrogen and oxygen atoms in total. The van der Waals surface area contributed by atoms with Gasteiger partial charge >= 0.3 is 0 Å². The maximum Gasteiger partial charge on any atom is 0.184 e. The van der Waals surface area contributed by atoms with Crippen LogP contribution in [0, 0.1) is 40.4 Å². The molecule has 0 aromatic carbocycles. The molecule has 0 aromatic rings. The van der Waals surface area contributed by atoms with Gasteiger partial charge in [0.1, 0.15) is 0 Å². The van der Waals surface area contributed by atoms with Crippen LogP contribution in [0.25, 0.3) is 0 Å². The highest BCUT2D eigenvalue weighted by Crippen LogP contribution is 2.70. The van der Waals surface area contributed by atoms with Gasteiger partial charge in [0.25, 0.3) is 0 Å². The third kappa shape index (κ3) is 7.27. The fourth-order valence-electron chi connectivity index (χ4n) is 10.2. The first-order valence-electron chi connectivity index (χ1n) is 17.8. The normalized spacial score (nSPS) is 39.3. The molecule has 0 radical (unpaired) electrons. The lowest BCUT2D eigenvalue weighted by Gasteiger charge is -2.63. The summed E-state index contributed by atoms with van der Waals surface area (Å²) >= 11 is 0. The minimum atomic E-state index is -1.93. The average Bonchev–Trinajstić information content (AvgIpc) is 3.10. The highest BCUT2D eigenvalue weighted by atomic mass is 28.4. The van der Waals surface area contributed by atoms with Crippen LogP contribution in [-0.4, -0.2) is 48.5 Å². The van der Waals surface area contributed by atoms with Gasteiger partial charge in [-0.3, -0.25) is 4.79 Å². The summed E-state index contributed by atoms with van der Waals surface area (Å²) in [6.07, 6.45) is 12.5. The zero-order valence-electron chi connectivity index (χ0n) is 30.6. The minimum Gasteiger partial charge on any atom is -0.412 e. The molecule has 0 saturated heterocycles. The number of carbonyl (C=O) groups is 1. The molecule has 248 valence electrons. The number of hydrogen-bond acceptors (Lipinski definition) is 4. The second kappa shape index (κ2) is 12.2. The van der Waals surface area contributed by atoms with Crippen molar-refractivity contribution in [1.82, 2.24) is 0 Å². The topological polar surface area (TPSA) is 44.8 Å². The van der Waals surface area contributed by atoms with Crippen LogP contribution in [0.5, 0.6) is 0 Å². The summed E-state index contributed by atoms with van der Waals surface area (Å²) in [7, 11) is -5.55. The van der Waals surface area contributed by atoms with Crippen LogP contribution in [0.4, 0.5) is 0 Å². The Morgan fingerprint density at radius 3 is 1.98 bits per heavy atom. The largest absolute Gasteiger partial charge is 0.412 e. The van der Waals surface area contributed by atoms with Crippen LogP contribution in [0.15, 0.2) is 11.6 Å². The predicted octanol–water partition coefficient (Wildman–Crippen LogP) is 10.2. The van der Waals surface area contributed by atoms with Gasteiger partial charge in [-0.1, -0.05) is 53.9 Å². The van der Waals surface area contributed by atoms with Gasteiger partial charge < -0.3 is 13.3 Å². The van der Waals surface area contributed by atoms with Crippen molar-refractivity contribution in [2.75, 3.05) is 0 Å². The number of rotatable bonds is 11. The van der Waals surface area contributed by atoms with Crippen LogP contribution >= 0.6 is 0 Å². The van der Waals surface area contributed by atoms with Crippen molar-refractivity contribution in [2.24, 2.45) is 40.4 Å². The summed E-state index contributed by atoms with van der Waals surface area (Å²) in [5, 5.41) is 0. The van der Waals surface area contributed by atoms with Crippen LogP contribution in [0.3, 0.4) is 0 Å². The Labute approximate surface area is 269 Å². The SMILES string of the molecule is CC(C)CCC[C@@H](C)[C@H]1CC[C@@]2(O[Si](C)(C)C)C3=CC(=O)[C@H]4C[C@@H](O[Si](C)(C)C)[C@@H](O[Si](C)(C)C)C[C@]4(C)[C@H]3CC[C@]12C. The van der Waals surface area contributed by atoms with E-state index in [1.807, 2.05) is 0 Å². The van der Waals surface area contributed by atoms with Crippen LogP contribution in [-0.2, 0) is 18.1 Å². The summed E-state index contributed by atoms with van der Waals surface area (Å²) in [4.78, 5) is 14.4. The average molecular weight is 649 g/mol. The van der Waals surface area contributed by atoms with E-state index >= 15 is 0 Å². The lowest BCUT2D eigenvalue weighted by atomic mass is 9.46. The maximum atomic E-state index is 14.4. The van der Waals surface area contributed by atoms with Crippen molar-refractivity contribution in [1.29, 1.82) is 0 Å². The molecule has 0 spiro atoms. The fourth-order valence-corrected chi connectivity index (χ4v) is 14.0. The van der Waals surface area contributed by atoms with Gasteiger partial charge in [-0.2, -0.15) is 0 Å². The predicted molar refractivity (Wildman–Crippen MR) is 189 cm³/mol. The molecular weight excluding hydrogens is 581 g/mol. The molecule has 0 bridgehead atoms. The number of ketones is 1. The Bertz CT molecular complexity index is 1050. The zero-order valence-corrected chi connectivity index (χ0v) is 33.6. The molecular formula is C36H68O4Si3. The smallest absolute Gasteiger partial charge is 0.184 e. The van der Waals surface area contributed by atoms with E-state index < -0.39 is 25.0 Å². The molecule has 4 aliphatic carbocycles. The highest BCUT2D eigenvalue weighted by molar-refractivity contribution is 6.70. The van der Waals surface area contributed by atoms with Gasteiger partial charge in [-0.15, -0.1) is 0 Å². The van der Waals surface area contributed by atoms with Crippen LogP contribution in [0.1, 0.15) is 92.4 Å². The summed E-state index contributed by atoms with van der Waals surface area (Å²) in [6.45, 7) is 33.0. The molecule has 0 aromatic heterocycles. The second-order valence-corrected chi connectivity index (χ2v) is 32.4. The molecule has 43 heavy (non-hydrogen) atoms. The molecule has 3 saturated carbocycles. The first kappa shape index (κ1) is 35.8. The molecule has 0 heterocycles. The van der Waals surface area contributed by atoms with E-state index in [2.05, 4.69) is 99.6 Å². The third-order valence-corrected chi connectivity index (χ3v) is 14.7. The van der Waals surface area contributed by atoms with Crippen molar-refractivity contribution in [3.63, 3.8) is 0 Å². The molecule has 0 amide bonds. The number of fused-ring (bicyclic) bond motifs is 5. The monoisotopic (exact) mass is 648 g/mol. The Hall–Kier alpha value is -0.0594. The van der Waals surface area contributed by atoms with Gasteiger partial charge in [-0.05, 0) is 138 Å². The quantitative estimate of drug-likeness (QED) is 0.209. The lowest BCUT2D eigenvalue weighted by molar-refractivity contribution is -0.148. The Morgan fingerprint density at radius 1 is 0.814 bits per heavy atom. The zero-order chi connectivity index (χ0) is 32.4. The van der Waals surface area contributed by atoms with Crippen molar-refractivity contribution in [3.05, 3.63) is 11.6 Å². The number of carbonyl (C=O) groups excluding carboxylic acids is 1. The summed E-state index contributed by atoms with van der Waals surface area (Å²) in [5.74, 6) is 2.80. The van der Waals surface area contributed by atoms with E-state index in [-0.39, 0.29) is 34.6 Å². The first-order valence-corrected chi connectivity index (χ1v) is 28.1. The van der Waals surface area contributed by atoms with Crippen LogP contribution in [0.2, 0.25) is 58.9 Å². The van der Waals surface area contributed by atoms with Gasteiger partial charge in [0.05, 0.1) is 17.8 Å². The summed E-state index contributed by atoms with van der Waals surface area (Å²) in [5.41, 5.74) is 1.01. The standard InChI is InChI=1S/C36H68O4Si3/c1-25(2)16-15-17-26(3)27-19-21-36(40-43(12,13)14)29-22-31(37)30-23-32(38-41(6,7)8)33(39-42(9,10)11)24-34(30,4)28(29)18-20-35(27,36)5/h22,25-28,30,32-33H,15-21,23-24H2,1-14H3/t26-,27-,28+,30-,32-,33+,34-,35-,36-/m1/s1. The molecule has 0 aliphatic heterocycles. The Morgan fingerprint density at radius 2 is 1.42 bits per heavy atom. The van der Waals surface area contributed by atoms with Gasteiger partial charge in [0.2, 0.25) is 0 Å². The van der Waals surface area contributed by atoms with Crippen molar-refractivity contribution < 1.29 is 18.1 Å². The van der Waals surface area contributed by atoms with Crippen molar-refractivity contribution >= 4 is 30.7 Å². The molecule has 0 N–H and O–H groups in total.